The van der Waals surface area contributed by atoms with Crippen molar-refractivity contribution in [2.75, 3.05) is 27.2 Å². The summed E-state index contributed by atoms with van der Waals surface area (Å²) in [5.41, 5.74) is 0.278. The second kappa shape index (κ2) is 7.14. The Bertz CT molecular complexity index is 427. The largest absolute Gasteiger partial charge is 0.507 e. The Kier molecular flexibility index (Phi) is 5.83. The van der Waals surface area contributed by atoms with Crippen LogP contribution in [0.5, 0.6) is 11.5 Å². The molecular weight excluding hydrogens is 242 g/mol. The quantitative estimate of drug-likeness (QED) is 0.770. The van der Waals surface area contributed by atoms with E-state index in [0.717, 1.165) is 6.42 Å². The fraction of sp³-hybridized carbons (Fsp3) is 0.533. The number of carbonyl (C=O) groups excluding carboxylic acids is 1. The topological polar surface area (TPSA) is 49.8 Å². The highest BCUT2D eigenvalue weighted by atomic mass is 16.5. The maximum Gasteiger partial charge on any atom is 0.184 e. The van der Waals surface area contributed by atoms with Gasteiger partial charge in [0.1, 0.15) is 17.1 Å². The summed E-state index contributed by atoms with van der Waals surface area (Å²) in [6, 6.07) is 4.92. The summed E-state index contributed by atoms with van der Waals surface area (Å²) >= 11 is 0. The van der Waals surface area contributed by atoms with Gasteiger partial charge >= 0.3 is 0 Å². The lowest BCUT2D eigenvalue weighted by Gasteiger charge is -2.14. The van der Waals surface area contributed by atoms with Crippen LogP contribution < -0.4 is 4.74 Å². The number of aromatic hydroxyl groups is 1. The Morgan fingerprint density at radius 2 is 2.05 bits per heavy atom. The highest BCUT2D eigenvalue weighted by Crippen LogP contribution is 2.28. The first-order valence-corrected chi connectivity index (χ1v) is 6.54. The predicted octanol–water partition coefficient (Wildman–Crippen LogP) is 2.56. The van der Waals surface area contributed by atoms with E-state index >= 15 is 0 Å². The third-order valence-electron chi connectivity index (χ3n) is 2.70. The number of ketones is 1. The fourth-order valence-electron chi connectivity index (χ4n) is 1.69. The number of hydrogen-bond acceptors (Lipinski definition) is 4. The summed E-state index contributed by atoms with van der Waals surface area (Å²) in [7, 11) is 3.63. The normalized spacial score (nSPS) is 11.1. The van der Waals surface area contributed by atoms with E-state index in [1.807, 2.05) is 14.1 Å². The van der Waals surface area contributed by atoms with Crippen LogP contribution in [0.1, 0.15) is 30.6 Å². The Labute approximate surface area is 115 Å². The SMILES string of the molecule is CC(C)CCOc1cccc(O)c1C(=O)CN(C)C. The van der Waals surface area contributed by atoms with E-state index in [0.29, 0.717) is 18.3 Å². The van der Waals surface area contributed by atoms with Crippen molar-refractivity contribution in [2.45, 2.75) is 20.3 Å². The van der Waals surface area contributed by atoms with Crippen LogP contribution in [-0.2, 0) is 0 Å². The molecule has 19 heavy (non-hydrogen) atoms. The van der Waals surface area contributed by atoms with Gasteiger partial charge in [-0.05, 0) is 38.6 Å². The van der Waals surface area contributed by atoms with Crippen LogP contribution in [0, 0.1) is 5.92 Å². The third-order valence-corrected chi connectivity index (χ3v) is 2.70. The molecule has 0 atom stereocenters. The minimum Gasteiger partial charge on any atom is -0.507 e. The molecule has 0 aliphatic heterocycles. The van der Waals surface area contributed by atoms with Crippen LogP contribution in [0.2, 0.25) is 0 Å². The Balaban J connectivity index is 2.86. The Morgan fingerprint density at radius 3 is 2.63 bits per heavy atom. The van der Waals surface area contributed by atoms with E-state index < -0.39 is 0 Å². The molecule has 0 saturated heterocycles. The van der Waals surface area contributed by atoms with Gasteiger partial charge in [-0.25, -0.2) is 0 Å². The zero-order chi connectivity index (χ0) is 14.4. The molecule has 0 saturated carbocycles. The van der Waals surface area contributed by atoms with Gasteiger partial charge in [0.25, 0.3) is 0 Å². The summed E-state index contributed by atoms with van der Waals surface area (Å²) in [4.78, 5) is 13.9. The number of nitrogens with zero attached hydrogens (tertiary/aromatic N) is 1. The third kappa shape index (κ3) is 4.91. The minimum atomic E-state index is -0.136. The first-order chi connectivity index (χ1) is 8.91. The summed E-state index contributed by atoms with van der Waals surface area (Å²) in [6.07, 6.45) is 0.914. The monoisotopic (exact) mass is 265 g/mol. The maximum atomic E-state index is 12.1. The molecule has 0 radical (unpaired) electrons. The minimum absolute atomic E-state index is 0.0195. The smallest absolute Gasteiger partial charge is 0.184 e. The number of phenolic OH excluding ortho intramolecular Hbond substituents is 1. The van der Waals surface area contributed by atoms with E-state index in [2.05, 4.69) is 13.8 Å². The zero-order valence-corrected chi connectivity index (χ0v) is 12.1. The number of Topliss-reactive ketones (excluding diaryl/α,β-unsaturated/α-hetero) is 1. The molecule has 0 unspecified atom stereocenters. The van der Waals surface area contributed by atoms with Crippen LogP contribution in [0.3, 0.4) is 0 Å². The van der Waals surface area contributed by atoms with Gasteiger partial charge in [-0.1, -0.05) is 19.9 Å². The van der Waals surface area contributed by atoms with Crippen molar-refractivity contribution < 1.29 is 14.6 Å². The number of benzene rings is 1. The van der Waals surface area contributed by atoms with E-state index in [4.69, 9.17) is 4.74 Å². The van der Waals surface area contributed by atoms with Crippen molar-refractivity contribution in [3.8, 4) is 11.5 Å². The van der Waals surface area contributed by atoms with E-state index in [1.165, 1.54) is 6.07 Å². The zero-order valence-electron chi connectivity index (χ0n) is 12.1. The van der Waals surface area contributed by atoms with Gasteiger partial charge in [-0.15, -0.1) is 0 Å². The van der Waals surface area contributed by atoms with Gasteiger partial charge < -0.3 is 14.7 Å². The molecule has 1 rings (SSSR count). The molecule has 0 bridgehead atoms. The number of rotatable bonds is 7. The standard InChI is InChI=1S/C15H23NO3/c1-11(2)8-9-19-14-7-5-6-12(17)15(14)13(18)10-16(3)4/h5-7,11,17H,8-10H2,1-4H3. The van der Waals surface area contributed by atoms with Crippen molar-refractivity contribution in [3.05, 3.63) is 23.8 Å². The van der Waals surface area contributed by atoms with Gasteiger partial charge in [-0.2, -0.15) is 0 Å². The Hall–Kier alpha value is -1.55. The lowest BCUT2D eigenvalue weighted by Crippen LogP contribution is -2.22. The molecule has 0 aliphatic rings. The molecule has 0 fully saturated rings. The molecule has 0 spiro atoms. The van der Waals surface area contributed by atoms with Crippen molar-refractivity contribution in [2.24, 2.45) is 5.92 Å². The molecule has 1 aromatic carbocycles. The fourth-order valence-corrected chi connectivity index (χ4v) is 1.69. The van der Waals surface area contributed by atoms with Crippen molar-refractivity contribution in [3.63, 3.8) is 0 Å². The van der Waals surface area contributed by atoms with Crippen LogP contribution in [0.15, 0.2) is 18.2 Å². The molecule has 0 aliphatic carbocycles. The molecule has 4 heteroatoms. The summed E-state index contributed by atoms with van der Waals surface area (Å²) in [6.45, 7) is 5.02. The summed E-state index contributed by atoms with van der Waals surface area (Å²) < 4.78 is 5.63. The maximum absolute atomic E-state index is 12.1. The molecule has 106 valence electrons. The highest BCUT2D eigenvalue weighted by molar-refractivity contribution is 6.02. The molecule has 0 heterocycles. The first kappa shape index (κ1) is 15.5. The van der Waals surface area contributed by atoms with Crippen molar-refractivity contribution >= 4 is 5.78 Å². The average molecular weight is 265 g/mol. The van der Waals surface area contributed by atoms with Crippen molar-refractivity contribution in [1.82, 2.24) is 4.90 Å². The van der Waals surface area contributed by atoms with Gasteiger partial charge in [0.05, 0.1) is 13.2 Å². The predicted molar refractivity (Wildman–Crippen MR) is 75.9 cm³/mol. The highest BCUT2D eigenvalue weighted by Gasteiger charge is 2.18. The van der Waals surface area contributed by atoms with Crippen molar-refractivity contribution in [1.29, 1.82) is 0 Å². The van der Waals surface area contributed by atoms with Gasteiger partial charge in [0, 0.05) is 0 Å². The Morgan fingerprint density at radius 1 is 1.37 bits per heavy atom. The van der Waals surface area contributed by atoms with Crippen LogP contribution in [-0.4, -0.2) is 43.0 Å². The lowest BCUT2D eigenvalue weighted by molar-refractivity contribution is 0.0950. The lowest BCUT2D eigenvalue weighted by atomic mass is 10.1. The van der Waals surface area contributed by atoms with Crippen LogP contribution >= 0.6 is 0 Å². The summed E-state index contributed by atoms with van der Waals surface area (Å²) in [5, 5.41) is 9.86. The molecule has 1 N–H and O–H groups in total. The molecule has 0 amide bonds. The van der Waals surface area contributed by atoms with Gasteiger partial charge in [0.15, 0.2) is 5.78 Å². The average Bonchev–Trinajstić information content (AvgIpc) is 2.27. The van der Waals surface area contributed by atoms with E-state index in [-0.39, 0.29) is 23.6 Å². The summed E-state index contributed by atoms with van der Waals surface area (Å²) in [5.74, 6) is 0.849. The number of hydrogen-bond donors (Lipinski definition) is 1. The van der Waals surface area contributed by atoms with Gasteiger partial charge in [-0.3, -0.25) is 4.79 Å². The first-order valence-electron chi connectivity index (χ1n) is 6.54. The van der Waals surface area contributed by atoms with Gasteiger partial charge in [0.2, 0.25) is 0 Å². The number of phenols is 1. The molecule has 4 nitrogen and oxygen atoms in total. The molecular formula is C15H23NO3. The molecule has 0 aromatic heterocycles. The number of likely N-dealkylation sites (N-methyl/N-ethyl adjacent to an activating group) is 1. The van der Waals surface area contributed by atoms with E-state index in [1.54, 1.807) is 17.0 Å². The van der Waals surface area contributed by atoms with Crippen LogP contribution in [0.25, 0.3) is 0 Å². The second-order valence-corrected chi connectivity index (χ2v) is 5.34. The van der Waals surface area contributed by atoms with E-state index in [9.17, 15) is 9.90 Å². The molecule has 1 aromatic rings. The number of ether oxygens (including phenoxy) is 1. The second-order valence-electron chi connectivity index (χ2n) is 5.34. The van der Waals surface area contributed by atoms with Crippen LogP contribution in [0.4, 0.5) is 0 Å². The number of carbonyl (C=O) groups is 1.